The van der Waals surface area contributed by atoms with Crippen LogP contribution in [-0.2, 0) is 11.3 Å². The monoisotopic (exact) mass is 426 g/mol. The van der Waals surface area contributed by atoms with Gasteiger partial charge >= 0.3 is 6.09 Å². The van der Waals surface area contributed by atoms with Gasteiger partial charge in [0.2, 0.25) is 0 Å². The van der Waals surface area contributed by atoms with E-state index >= 15 is 0 Å². The number of amides is 1. The molecule has 0 bridgehead atoms. The fourth-order valence-electron chi connectivity index (χ4n) is 3.18. The summed E-state index contributed by atoms with van der Waals surface area (Å²) in [6.07, 6.45) is 1.32. The molecule has 6 nitrogen and oxygen atoms in total. The van der Waals surface area contributed by atoms with Crippen LogP contribution in [0.15, 0.2) is 59.3 Å². The summed E-state index contributed by atoms with van der Waals surface area (Å²) in [6.45, 7) is 2.92. The van der Waals surface area contributed by atoms with E-state index in [-0.39, 0.29) is 6.09 Å². The van der Waals surface area contributed by atoms with Crippen molar-refractivity contribution in [2.24, 2.45) is 0 Å². The van der Waals surface area contributed by atoms with Crippen molar-refractivity contribution in [1.29, 1.82) is 0 Å². The maximum absolute atomic E-state index is 12.3. The van der Waals surface area contributed by atoms with Gasteiger partial charge in [0.15, 0.2) is 0 Å². The molecule has 1 aromatic heterocycles. The van der Waals surface area contributed by atoms with Gasteiger partial charge in [0.1, 0.15) is 18.8 Å². The van der Waals surface area contributed by atoms with E-state index in [1.807, 2.05) is 48.5 Å². The molecule has 0 atom stereocenters. The summed E-state index contributed by atoms with van der Waals surface area (Å²) in [7, 11) is 0. The van der Waals surface area contributed by atoms with Gasteiger partial charge in [0.05, 0.1) is 5.52 Å². The van der Waals surface area contributed by atoms with Gasteiger partial charge in [-0.15, -0.1) is 0 Å². The molecule has 0 saturated carbocycles. The first-order valence-corrected chi connectivity index (χ1v) is 9.61. The highest BCUT2D eigenvalue weighted by atomic mass is 79.9. The molecule has 27 heavy (non-hydrogen) atoms. The van der Waals surface area contributed by atoms with E-state index in [0.717, 1.165) is 26.8 Å². The third-order valence-electron chi connectivity index (χ3n) is 4.62. The molecule has 0 N–H and O–H groups in total. The van der Waals surface area contributed by atoms with Crippen LogP contribution < -0.4 is 4.90 Å². The molecule has 1 aliphatic rings. The molecular formula is C20H19BrN4O2. The lowest BCUT2D eigenvalue weighted by atomic mass is 10.2. The van der Waals surface area contributed by atoms with Crippen molar-refractivity contribution < 1.29 is 9.53 Å². The number of nitrogens with zero attached hydrogens (tertiary/aromatic N) is 4. The Labute approximate surface area is 165 Å². The zero-order valence-corrected chi connectivity index (χ0v) is 16.3. The SMILES string of the molecule is O=C(OCc1ccccc1)N1CCN(c2ncnc3ccc(Br)cc23)CC1. The molecule has 0 spiro atoms. The molecule has 0 unspecified atom stereocenters. The van der Waals surface area contributed by atoms with Crippen molar-refractivity contribution in [3.63, 3.8) is 0 Å². The maximum atomic E-state index is 12.3. The molecular weight excluding hydrogens is 408 g/mol. The average Bonchev–Trinajstić information content (AvgIpc) is 2.72. The third-order valence-corrected chi connectivity index (χ3v) is 5.11. The van der Waals surface area contributed by atoms with E-state index in [0.29, 0.717) is 32.8 Å². The second-order valence-corrected chi connectivity index (χ2v) is 7.29. The number of ether oxygens (including phenoxy) is 1. The first-order chi connectivity index (χ1) is 13.2. The van der Waals surface area contributed by atoms with Gasteiger partial charge < -0.3 is 14.5 Å². The predicted octanol–water partition coefficient (Wildman–Crippen LogP) is 3.85. The Balaban J connectivity index is 1.39. The molecule has 2 heterocycles. The average molecular weight is 427 g/mol. The molecule has 1 aliphatic heterocycles. The van der Waals surface area contributed by atoms with Crippen LogP contribution in [0, 0.1) is 0 Å². The number of hydrogen-bond donors (Lipinski definition) is 0. The Morgan fingerprint density at radius 3 is 2.59 bits per heavy atom. The molecule has 0 aliphatic carbocycles. The van der Waals surface area contributed by atoms with Crippen molar-refractivity contribution in [1.82, 2.24) is 14.9 Å². The van der Waals surface area contributed by atoms with Crippen LogP contribution in [0.1, 0.15) is 5.56 Å². The number of carbonyl (C=O) groups excluding carboxylic acids is 1. The van der Waals surface area contributed by atoms with Crippen molar-refractivity contribution in [3.8, 4) is 0 Å². The van der Waals surface area contributed by atoms with Crippen LogP contribution in [0.3, 0.4) is 0 Å². The van der Waals surface area contributed by atoms with Crippen LogP contribution in [0.25, 0.3) is 10.9 Å². The Morgan fingerprint density at radius 1 is 1.04 bits per heavy atom. The number of hydrogen-bond acceptors (Lipinski definition) is 5. The second-order valence-electron chi connectivity index (χ2n) is 6.37. The minimum Gasteiger partial charge on any atom is -0.445 e. The topological polar surface area (TPSA) is 58.6 Å². The Kier molecular flexibility index (Phi) is 5.20. The second kappa shape index (κ2) is 7.92. The van der Waals surface area contributed by atoms with Gasteiger partial charge in [-0.25, -0.2) is 14.8 Å². The summed E-state index contributed by atoms with van der Waals surface area (Å²) in [5, 5.41) is 1.01. The third kappa shape index (κ3) is 4.03. The van der Waals surface area contributed by atoms with Gasteiger partial charge in [-0.1, -0.05) is 46.3 Å². The van der Waals surface area contributed by atoms with Crippen molar-refractivity contribution in [2.75, 3.05) is 31.1 Å². The smallest absolute Gasteiger partial charge is 0.410 e. The van der Waals surface area contributed by atoms with Gasteiger partial charge in [0.25, 0.3) is 0 Å². The highest BCUT2D eigenvalue weighted by Gasteiger charge is 2.24. The highest BCUT2D eigenvalue weighted by Crippen LogP contribution is 2.26. The normalized spacial score (nSPS) is 14.4. The van der Waals surface area contributed by atoms with Gasteiger partial charge in [-0.3, -0.25) is 0 Å². The summed E-state index contributed by atoms with van der Waals surface area (Å²) in [4.78, 5) is 25.1. The molecule has 1 fully saturated rings. The quantitative estimate of drug-likeness (QED) is 0.636. The van der Waals surface area contributed by atoms with Crippen molar-refractivity contribution in [2.45, 2.75) is 6.61 Å². The van der Waals surface area contributed by atoms with Crippen molar-refractivity contribution >= 4 is 38.7 Å². The van der Waals surface area contributed by atoms with Crippen molar-refractivity contribution in [3.05, 3.63) is 64.9 Å². The minimum atomic E-state index is -0.270. The number of piperazine rings is 1. The van der Waals surface area contributed by atoms with E-state index < -0.39 is 0 Å². The summed E-state index contributed by atoms with van der Waals surface area (Å²) in [5.41, 5.74) is 1.90. The molecule has 4 rings (SSSR count). The van der Waals surface area contributed by atoms with Gasteiger partial charge in [0, 0.05) is 36.0 Å². The van der Waals surface area contributed by atoms with Crippen LogP contribution in [0.4, 0.5) is 10.6 Å². The summed E-state index contributed by atoms with van der Waals surface area (Å²) < 4.78 is 6.43. The molecule has 0 radical (unpaired) electrons. The minimum absolute atomic E-state index is 0.270. The first kappa shape index (κ1) is 17.7. The van der Waals surface area contributed by atoms with Crippen LogP contribution in [-0.4, -0.2) is 47.1 Å². The van der Waals surface area contributed by atoms with Gasteiger partial charge in [-0.05, 0) is 23.8 Å². The van der Waals surface area contributed by atoms with Crippen LogP contribution in [0.2, 0.25) is 0 Å². The van der Waals surface area contributed by atoms with Crippen LogP contribution in [0.5, 0.6) is 0 Å². The molecule has 2 aromatic carbocycles. The van der Waals surface area contributed by atoms with E-state index in [4.69, 9.17) is 4.74 Å². The maximum Gasteiger partial charge on any atom is 0.410 e. The molecule has 1 saturated heterocycles. The summed E-state index contributed by atoms with van der Waals surface area (Å²) in [5.74, 6) is 0.901. The predicted molar refractivity (Wildman–Crippen MR) is 108 cm³/mol. The van der Waals surface area contributed by atoms with E-state index in [1.165, 1.54) is 0 Å². The Bertz CT molecular complexity index is 943. The highest BCUT2D eigenvalue weighted by molar-refractivity contribution is 9.10. The number of rotatable bonds is 3. The number of fused-ring (bicyclic) bond motifs is 1. The molecule has 138 valence electrons. The lowest BCUT2D eigenvalue weighted by Gasteiger charge is -2.35. The van der Waals surface area contributed by atoms with Crippen LogP contribution >= 0.6 is 15.9 Å². The summed E-state index contributed by atoms with van der Waals surface area (Å²) in [6, 6.07) is 15.7. The fourth-order valence-corrected chi connectivity index (χ4v) is 3.54. The Hall–Kier alpha value is -2.67. The lowest BCUT2D eigenvalue weighted by Crippen LogP contribution is -2.49. The number of aromatic nitrogens is 2. The summed E-state index contributed by atoms with van der Waals surface area (Å²) >= 11 is 3.51. The van der Waals surface area contributed by atoms with E-state index in [1.54, 1.807) is 11.2 Å². The Morgan fingerprint density at radius 2 is 1.81 bits per heavy atom. The molecule has 1 amide bonds. The standard InChI is InChI=1S/C20H19BrN4O2/c21-16-6-7-18-17(12-16)19(23-14-22-18)24-8-10-25(11-9-24)20(26)27-13-15-4-2-1-3-5-15/h1-7,12,14H,8-11,13H2. The van der Waals surface area contributed by atoms with Gasteiger partial charge in [-0.2, -0.15) is 0 Å². The largest absolute Gasteiger partial charge is 0.445 e. The van der Waals surface area contributed by atoms with E-state index in [9.17, 15) is 4.79 Å². The zero-order chi connectivity index (χ0) is 18.6. The zero-order valence-electron chi connectivity index (χ0n) is 14.7. The number of halogens is 1. The molecule has 3 aromatic rings. The number of benzene rings is 2. The molecule has 7 heteroatoms. The van der Waals surface area contributed by atoms with E-state index in [2.05, 4.69) is 30.8 Å². The first-order valence-electron chi connectivity index (χ1n) is 8.81. The number of carbonyl (C=O) groups is 1. The lowest BCUT2D eigenvalue weighted by molar-refractivity contribution is 0.0941. The fraction of sp³-hybridized carbons (Fsp3) is 0.250. The number of anilines is 1.